The van der Waals surface area contributed by atoms with Crippen LogP contribution in [-0.2, 0) is 9.53 Å². The molecule has 0 aromatic carbocycles. The first-order valence-electron chi connectivity index (χ1n) is 4.91. The van der Waals surface area contributed by atoms with Gasteiger partial charge in [0.25, 0.3) is 0 Å². The van der Waals surface area contributed by atoms with Crippen LogP contribution in [0.3, 0.4) is 0 Å². The number of nitrogens with zero attached hydrogens (tertiary/aromatic N) is 3. The Balaban J connectivity index is 4.18. The Morgan fingerprint density at radius 3 is 2.60 bits per heavy atom. The fourth-order valence-electron chi connectivity index (χ4n) is 0.964. The SMILES string of the molecule is CCC(C)[C@@H](CO[C@@H](C)C(=O)O)N=[N+]=[N-]. The Bertz CT molecular complexity index is 251. The van der Waals surface area contributed by atoms with Crippen LogP contribution in [0.5, 0.6) is 0 Å². The average molecular weight is 215 g/mol. The molecule has 0 aliphatic carbocycles. The van der Waals surface area contributed by atoms with Gasteiger partial charge >= 0.3 is 5.97 Å². The van der Waals surface area contributed by atoms with Crippen molar-refractivity contribution in [3.05, 3.63) is 10.4 Å². The predicted octanol–water partition coefficient (Wildman–Crippen LogP) is 2.20. The van der Waals surface area contributed by atoms with E-state index in [9.17, 15) is 4.79 Å². The van der Waals surface area contributed by atoms with Crippen LogP contribution < -0.4 is 0 Å². The number of hydrogen-bond acceptors (Lipinski definition) is 3. The highest BCUT2D eigenvalue weighted by molar-refractivity contribution is 5.71. The van der Waals surface area contributed by atoms with Crippen molar-refractivity contribution >= 4 is 5.97 Å². The standard InChI is InChI=1S/C9H17N3O3/c1-4-6(2)8(11-12-10)5-15-7(3)9(13)14/h6-8H,4-5H2,1-3H3,(H,13,14)/t6?,7-,8+/m0/s1. The molecule has 0 amide bonds. The monoisotopic (exact) mass is 215 g/mol. The maximum atomic E-state index is 10.5. The molecule has 0 bridgehead atoms. The highest BCUT2D eigenvalue weighted by Crippen LogP contribution is 2.12. The molecule has 86 valence electrons. The average Bonchev–Trinajstić information content (AvgIpc) is 2.22. The quantitative estimate of drug-likeness (QED) is 0.400. The summed E-state index contributed by atoms with van der Waals surface area (Å²) >= 11 is 0. The lowest BCUT2D eigenvalue weighted by molar-refractivity contribution is -0.149. The van der Waals surface area contributed by atoms with Crippen LogP contribution >= 0.6 is 0 Å². The van der Waals surface area contributed by atoms with E-state index in [0.717, 1.165) is 6.42 Å². The van der Waals surface area contributed by atoms with Gasteiger partial charge in [-0.15, -0.1) is 0 Å². The van der Waals surface area contributed by atoms with Crippen LogP contribution in [0.15, 0.2) is 5.11 Å². The normalized spacial score (nSPS) is 16.2. The first-order valence-corrected chi connectivity index (χ1v) is 4.91. The van der Waals surface area contributed by atoms with Crippen molar-refractivity contribution in [2.24, 2.45) is 11.0 Å². The number of ether oxygens (including phenoxy) is 1. The van der Waals surface area contributed by atoms with E-state index < -0.39 is 12.1 Å². The fraction of sp³-hybridized carbons (Fsp3) is 0.889. The maximum absolute atomic E-state index is 10.5. The molecule has 0 aromatic rings. The zero-order chi connectivity index (χ0) is 11.8. The zero-order valence-corrected chi connectivity index (χ0v) is 9.25. The number of hydrogen-bond donors (Lipinski definition) is 1. The van der Waals surface area contributed by atoms with Crippen LogP contribution in [0.4, 0.5) is 0 Å². The van der Waals surface area contributed by atoms with E-state index >= 15 is 0 Å². The zero-order valence-electron chi connectivity index (χ0n) is 9.25. The van der Waals surface area contributed by atoms with Crippen LogP contribution in [0.2, 0.25) is 0 Å². The van der Waals surface area contributed by atoms with E-state index in [4.69, 9.17) is 15.4 Å². The molecule has 0 spiro atoms. The Labute approximate surface area is 88.9 Å². The van der Waals surface area contributed by atoms with Crippen molar-refractivity contribution in [2.45, 2.75) is 39.3 Å². The molecule has 3 atom stereocenters. The molecular formula is C9H17N3O3. The topological polar surface area (TPSA) is 95.3 Å². The number of carbonyl (C=O) groups is 1. The molecule has 0 heterocycles. The molecule has 6 heteroatoms. The summed E-state index contributed by atoms with van der Waals surface area (Å²) in [6.45, 7) is 5.51. The van der Waals surface area contributed by atoms with E-state index in [1.54, 1.807) is 0 Å². The van der Waals surface area contributed by atoms with Crippen LogP contribution in [0.1, 0.15) is 27.2 Å². The fourth-order valence-corrected chi connectivity index (χ4v) is 0.964. The molecule has 6 nitrogen and oxygen atoms in total. The van der Waals surface area contributed by atoms with Gasteiger partial charge in [-0.05, 0) is 18.4 Å². The minimum Gasteiger partial charge on any atom is -0.479 e. The lowest BCUT2D eigenvalue weighted by Gasteiger charge is -2.19. The first kappa shape index (κ1) is 13.7. The van der Waals surface area contributed by atoms with Gasteiger partial charge in [0, 0.05) is 4.91 Å². The van der Waals surface area contributed by atoms with Gasteiger partial charge in [-0.1, -0.05) is 25.4 Å². The smallest absolute Gasteiger partial charge is 0.332 e. The summed E-state index contributed by atoms with van der Waals surface area (Å²) in [5.74, 6) is -0.833. The third kappa shape index (κ3) is 5.24. The molecule has 0 fully saturated rings. The number of carboxylic acids is 1. The molecule has 1 N–H and O–H groups in total. The van der Waals surface area contributed by atoms with E-state index in [-0.39, 0.29) is 18.6 Å². The summed E-state index contributed by atoms with van der Waals surface area (Å²) in [6.07, 6.45) is -0.0143. The minimum atomic E-state index is -1.01. The summed E-state index contributed by atoms with van der Waals surface area (Å²) in [6, 6.07) is -0.304. The van der Waals surface area contributed by atoms with Crippen LogP contribution in [0, 0.1) is 5.92 Å². The van der Waals surface area contributed by atoms with Crippen LogP contribution in [0.25, 0.3) is 10.4 Å². The van der Waals surface area contributed by atoms with E-state index in [1.807, 2.05) is 13.8 Å². The number of azide groups is 1. The number of carboxylic acid groups (broad SMARTS) is 1. The molecule has 0 saturated carbocycles. The summed E-state index contributed by atoms with van der Waals surface area (Å²) in [5.41, 5.74) is 8.34. The minimum absolute atomic E-state index is 0.145. The maximum Gasteiger partial charge on any atom is 0.332 e. The van der Waals surface area contributed by atoms with Gasteiger partial charge in [-0.25, -0.2) is 4.79 Å². The van der Waals surface area contributed by atoms with Crippen molar-refractivity contribution in [3.8, 4) is 0 Å². The lowest BCUT2D eigenvalue weighted by atomic mass is 10.0. The molecule has 0 aromatic heterocycles. The highest BCUT2D eigenvalue weighted by atomic mass is 16.5. The summed E-state index contributed by atoms with van der Waals surface area (Å²) < 4.78 is 5.08. The summed E-state index contributed by atoms with van der Waals surface area (Å²) in [7, 11) is 0. The Morgan fingerprint density at radius 1 is 1.60 bits per heavy atom. The second kappa shape index (κ2) is 7.09. The van der Waals surface area contributed by atoms with Gasteiger partial charge in [0.05, 0.1) is 12.6 Å². The molecule has 0 saturated heterocycles. The third-order valence-electron chi connectivity index (χ3n) is 2.37. The second-order valence-corrected chi connectivity index (χ2v) is 3.47. The molecule has 1 unspecified atom stereocenters. The van der Waals surface area contributed by atoms with Gasteiger partial charge in [0.1, 0.15) is 0 Å². The molecular weight excluding hydrogens is 198 g/mol. The Kier molecular flexibility index (Phi) is 6.49. The molecule has 15 heavy (non-hydrogen) atoms. The van der Waals surface area contributed by atoms with Gasteiger partial charge in [0.15, 0.2) is 6.10 Å². The highest BCUT2D eigenvalue weighted by Gasteiger charge is 2.18. The lowest BCUT2D eigenvalue weighted by Crippen LogP contribution is -2.27. The molecule has 0 aliphatic heterocycles. The van der Waals surface area contributed by atoms with Crippen molar-refractivity contribution in [1.82, 2.24) is 0 Å². The van der Waals surface area contributed by atoms with Gasteiger partial charge in [0.2, 0.25) is 0 Å². The second-order valence-electron chi connectivity index (χ2n) is 3.47. The van der Waals surface area contributed by atoms with Crippen molar-refractivity contribution in [3.63, 3.8) is 0 Å². The van der Waals surface area contributed by atoms with E-state index in [1.165, 1.54) is 6.92 Å². The third-order valence-corrected chi connectivity index (χ3v) is 2.37. The Hall–Kier alpha value is -1.26. The van der Waals surface area contributed by atoms with Gasteiger partial charge in [-0.3, -0.25) is 0 Å². The van der Waals surface area contributed by atoms with Crippen molar-refractivity contribution in [2.75, 3.05) is 6.61 Å². The van der Waals surface area contributed by atoms with E-state index in [0.29, 0.717) is 0 Å². The summed E-state index contributed by atoms with van der Waals surface area (Å²) in [4.78, 5) is 13.2. The van der Waals surface area contributed by atoms with Gasteiger partial charge < -0.3 is 9.84 Å². The van der Waals surface area contributed by atoms with Gasteiger partial charge in [-0.2, -0.15) is 0 Å². The number of rotatable bonds is 7. The Morgan fingerprint density at radius 2 is 2.20 bits per heavy atom. The summed E-state index contributed by atoms with van der Waals surface area (Å²) in [5, 5.41) is 12.2. The molecule has 0 rings (SSSR count). The first-order chi connectivity index (χ1) is 7.02. The van der Waals surface area contributed by atoms with Crippen LogP contribution in [-0.4, -0.2) is 29.8 Å². The van der Waals surface area contributed by atoms with Crippen molar-refractivity contribution in [1.29, 1.82) is 0 Å². The largest absolute Gasteiger partial charge is 0.479 e. The van der Waals surface area contributed by atoms with Crippen molar-refractivity contribution < 1.29 is 14.6 Å². The molecule has 0 radical (unpaired) electrons. The van der Waals surface area contributed by atoms with E-state index in [2.05, 4.69) is 10.0 Å². The predicted molar refractivity (Wildman–Crippen MR) is 55.4 cm³/mol. The molecule has 0 aliphatic rings. The number of aliphatic carboxylic acids is 1.